The van der Waals surface area contributed by atoms with Crippen LogP contribution in [0, 0.1) is 5.92 Å². The lowest BCUT2D eigenvalue weighted by Gasteiger charge is -2.39. The van der Waals surface area contributed by atoms with E-state index in [1.807, 2.05) is 52.3 Å². The van der Waals surface area contributed by atoms with Crippen molar-refractivity contribution in [2.45, 2.75) is 58.3 Å². The predicted molar refractivity (Wildman–Crippen MR) is 164 cm³/mol. The van der Waals surface area contributed by atoms with E-state index < -0.39 is 0 Å². The number of benzene rings is 2. The molecule has 0 atom stereocenters. The number of anilines is 2. The molecule has 2 heterocycles. The second-order valence-corrected chi connectivity index (χ2v) is 12.7. The number of carbonyl (C=O) groups excluding carboxylic acids is 3. The van der Waals surface area contributed by atoms with Gasteiger partial charge in [-0.1, -0.05) is 52.2 Å². The molecule has 3 aliphatic rings. The van der Waals surface area contributed by atoms with Gasteiger partial charge in [0.1, 0.15) is 0 Å². The summed E-state index contributed by atoms with van der Waals surface area (Å²) in [6.07, 6.45) is 5.55. The first-order valence-electron chi connectivity index (χ1n) is 15.3. The minimum Gasteiger partial charge on any atom is -0.366 e. The largest absolute Gasteiger partial charge is 0.366 e. The van der Waals surface area contributed by atoms with E-state index in [2.05, 4.69) is 36.3 Å². The first-order chi connectivity index (χ1) is 19.7. The van der Waals surface area contributed by atoms with Crippen molar-refractivity contribution < 1.29 is 14.4 Å². The summed E-state index contributed by atoms with van der Waals surface area (Å²) in [7, 11) is 0. The van der Waals surface area contributed by atoms with Gasteiger partial charge in [-0.15, -0.1) is 0 Å². The molecule has 220 valence electrons. The molecule has 2 N–H and O–H groups in total. The van der Waals surface area contributed by atoms with E-state index in [1.165, 1.54) is 12.0 Å². The highest BCUT2D eigenvalue weighted by atomic mass is 16.2. The number of piperazine rings is 2. The van der Waals surface area contributed by atoms with Crippen molar-refractivity contribution in [1.82, 2.24) is 15.1 Å². The molecule has 0 unspecified atom stereocenters. The summed E-state index contributed by atoms with van der Waals surface area (Å²) in [4.78, 5) is 46.0. The number of rotatable bonds is 5. The van der Waals surface area contributed by atoms with Gasteiger partial charge in [-0.2, -0.15) is 0 Å². The molecule has 2 aromatic rings. The van der Waals surface area contributed by atoms with E-state index in [1.54, 1.807) is 0 Å². The number of nitrogens with one attached hydrogen (secondary N) is 2. The average molecular weight is 560 g/mol. The molecule has 3 amide bonds. The maximum atomic E-state index is 13.4. The van der Waals surface area contributed by atoms with Gasteiger partial charge in [0.15, 0.2) is 0 Å². The van der Waals surface area contributed by atoms with Gasteiger partial charge in [0.2, 0.25) is 5.91 Å². The lowest BCUT2D eigenvalue weighted by molar-refractivity contribution is -0.136. The summed E-state index contributed by atoms with van der Waals surface area (Å²) >= 11 is 0. The van der Waals surface area contributed by atoms with E-state index >= 15 is 0 Å². The van der Waals surface area contributed by atoms with Crippen LogP contribution in [-0.2, 0) is 10.2 Å². The van der Waals surface area contributed by atoms with Crippen molar-refractivity contribution in [3.8, 4) is 0 Å². The van der Waals surface area contributed by atoms with Crippen LogP contribution in [0.2, 0.25) is 0 Å². The van der Waals surface area contributed by atoms with Crippen LogP contribution in [0.15, 0.2) is 42.5 Å². The highest BCUT2D eigenvalue weighted by Crippen LogP contribution is 2.31. The lowest BCUT2D eigenvalue weighted by atomic mass is 9.86. The molecule has 8 nitrogen and oxygen atoms in total. The third-order valence-electron chi connectivity index (χ3n) is 8.80. The minimum absolute atomic E-state index is 0.00134. The maximum Gasteiger partial charge on any atom is 0.255 e. The van der Waals surface area contributed by atoms with Gasteiger partial charge in [0, 0.05) is 69.4 Å². The van der Waals surface area contributed by atoms with Crippen molar-refractivity contribution in [1.29, 1.82) is 0 Å². The Bertz CT molecular complexity index is 1230. The van der Waals surface area contributed by atoms with E-state index in [9.17, 15) is 14.4 Å². The number of hydrogen-bond donors (Lipinski definition) is 2. The van der Waals surface area contributed by atoms with Crippen LogP contribution in [0.3, 0.4) is 0 Å². The Morgan fingerprint density at radius 3 is 2.05 bits per heavy atom. The summed E-state index contributed by atoms with van der Waals surface area (Å²) in [5.74, 6) is 0.245. The fraction of sp³-hybridized carbons (Fsp3) is 0.545. The number of nitrogens with zero attached hydrogens (tertiary/aromatic N) is 3. The zero-order valence-corrected chi connectivity index (χ0v) is 24.9. The Morgan fingerprint density at radius 2 is 1.41 bits per heavy atom. The van der Waals surface area contributed by atoms with Gasteiger partial charge in [0.25, 0.3) is 11.8 Å². The number of amides is 3. The Balaban J connectivity index is 1.35. The van der Waals surface area contributed by atoms with Crippen molar-refractivity contribution in [3.63, 3.8) is 0 Å². The normalized spacial score (nSPS) is 18.8. The molecule has 2 aromatic carbocycles. The highest BCUT2D eigenvalue weighted by molar-refractivity contribution is 6.07. The molecule has 3 fully saturated rings. The Labute approximate surface area is 244 Å². The van der Waals surface area contributed by atoms with Crippen LogP contribution < -0.4 is 15.5 Å². The zero-order valence-electron chi connectivity index (χ0n) is 24.9. The summed E-state index contributed by atoms with van der Waals surface area (Å²) < 4.78 is 0. The molecule has 1 aliphatic carbocycles. The van der Waals surface area contributed by atoms with Crippen LogP contribution >= 0.6 is 0 Å². The third-order valence-corrected chi connectivity index (χ3v) is 8.80. The Hall–Kier alpha value is -3.39. The summed E-state index contributed by atoms with van der Waals surface area (Å²) in [5.41, 5.74) is 3.82. The Kier molecular flexibility index (Phi) is 8.97. The number of carbonyl (C=O) groups is 3. The average Bonchev–Trinajstić information content (AvgIpc) is 3.01. The van der Waals surface area contributed by atoms with Gasteiger partial charge in [-0.25, -0.2) is 0 Å². The van der Waals surface area contributed by atoms with Crippen LogP contribution in [0.1, 0.15) is 79.2 Å². The molecule has 0 bridgehead atoms. The van der Waals surface area contributed by atoms with Crippen molar-refractivity contribution in [2.24, 2.45) is 5.92 Å². The monoisotopic (exact) mass is 559 g/mol. The van der Waals surface area contributed by atoms with Gasteiger partial charge >= 0.3 is 0 Å². The zero-order chi connectivity index (χ0) is 29.0. The molecule has 0 radical (unpaired) electrons. The fourth-order valence-electron chi connectivity index (χ4n) is 6.19. The van der Waals surface area contributed by atoms with Crippen LogP contribution in [0.5, 0.6) is 0 Å². The van der Waals surface area contributed by atoms with Crippen molar-refractivity contribution >= 4 is 29.1 Å². The maximum absolute atomic E-state index is 13.4. The molecule has 2 aliphatic heterocycles. The van der Waals surface area contributed by atoms with E-state index in [-0.39, 0.29) is 23.1 Å². The topological polar surface area (TPSA) is 85.0 Å². The second-order valence-electron chi connectivity index (χ2n) is 12.7. The molecule has 1 saturated carbocycles. The third kappa shape index (κ3) is 6.92. The van der Waals surface area contributed by atoms with Gasteiger partial charge < -0.3 is 25.3 Å². The summed E-state index contributed by atoms with van der Waals surface area (Å²) in [6.45, 7) is 12.0. The molecule has 0 aromatic heterocycles. The standard InChI is InChI=1S/C33H45N5O3/c1-33(2,3)27-12-9-24(10-13-27)30(39)35-28-23-26(32(41)37-17-15-34-16-18-37)11-14-29(28)36-19-21-38(22-20-36)31(40)25-7-5-4-6-8-25/h9-14,23,25,34H,4-8,15-22H2,1-3H3,(H,35,39). The van der Waals surface area contributed by atoms with Crippen molar-refractivity contribution in [3.05, 3.63) is 59.2 Å². The van der Waals surface area contributed by atoms with Crippen molar-refractivity contribution in [2.75, 3.05) is 62.6 Å². The molecule has 5 rings (SSSR count). The smallest absolute Gasteiger partial charge is 0.255 e. The summed E-state index contributed by atoms with van der Waals surface area (Å²) in [6, 6.07) is 13.4. The number of hydrogen-bond acceptors (Lipinski definition) is 5. The molecular weight excluding hydrogens is 514 g/mol. The summed E-state index contributed by atoms with van der Waals surface area (Å²) in [5, 5.41) is 6.41. The van der Waals surface area contributed by atoms with E-state index in [0.29, 0.717) is 62.0 Å². The van der Waals surface area contributed by atoms with Crippen LogP contribution in [0.4, 0.5) is 11.4 Å². The van der Waals surface area contributed by atoms with E-state index in [0.717, 1.165) is 44.5 Å². The van der Waals surface area contributed by atoms with Gasteiger partial charge in [-0.3, -0.25) is 14.4 Å². The van der Waals surface area contributed by atoms with E-state index in [4.69, 9.17) is 0 Å². The second kappa shape index (κ2) is 12.6. The van der Waals surface area contributed by atoms with Crippen LogP contribution in [-0.4, -0.2) is 79.9 Å². The lowest BCUT2D eigenvalue weighted by Crippen LogP contribution is -2.50. The molecule has 0 spiro atoms. The molecule has 41 heavy (non-hydrogen) atoms. The molecule has 2 saturated heterocycles. The first kappa shape index (κ1) is 29.1. The minimum atomic E-state index is -0.204. The van der Waals surface area contributed by atoms with Gasteiger partial charge in [0.05, 0.1) is 11.4 Å². The van der Waals surface area contributed by atoms with Crippen LogP contribution in [0.25, 0.3) is 0 Å². The first-order valence-corrected chi connectivity index (χ1v) is 15.3. The Morgan fingerprint density at radius 1 is 0.780 bits per heavy atom. The quantitative estimate of drug-likeness (QED) is 0.563. The highest BCUT2D eigenvalue weighted by Gasteiger charge is 2.30. The molecule has 8 heteroatoms. The molecular formula is C33H45N5O3. The fourth-order valence-corrected chi connectivity index (χ4v) is 6.19. The SMILES string of the molecule is CC(C)(C)c1ccc(C(=O)Nc2cc(C(=O)N3CCNCC3)ccc2N2CCN(C(=O)C3CCCCC3)CC2)cc1. The predicted octanol–water partition coefficient (Wildman–Crippen LogP) is 4.51. The van der Waals surface area contributed by atoms with Gasteiger partial charge in [-0.05, 0) is 54.2 Å².